The molecule has 7 heteroatoms. The Bertz CT molecular complexity index is 586. The minimum absolute atomic E-state index is 0.132. The molecular formula is C13H18N4O2S. The number of nitrogens with zero attached hydrogens (tertiary/aromatic N) is 3. The lowest BCUT2D eigenvalue weighted by atomic mass is 9.98. The maximum atomic E-state index is 12.4. The molecule has 0 spiro atoms. The van der Waals surface area contributed by atoms with Crippen LogP contribution in [-0.4, -0.2) is 44.4 Å². The molecule has 108 valence electrons. The first-order valence-electron chi connectivity index (χ1n) is 6.57. The van der Waals surface area contributed by atoms with E-state index < -0.39 is 10.0 Å². The fourth-order valence-electron chi connectivity index (χ4n) is 2.30. The Hall–Kier alpha value is -1.49. The molecule has 1 aromatic rings. The maximum absolute atomic E-state index is 12.4. The quantitative estimate of drug-likeness (QED) is 0.877. The first-order valence-corrected chi connectivity index (χ1v) is 8.01. The van der Waals surface area contributed by atoms with Crippen molar-refractivity contribution in [2.45, 2.75) is 17.7 Å². The lowest BCUT2D eigenvalue weighted by molar-refractivity contribution is 0.311. The fraction of sp³-hybridized carbons (Fsp3) is 0.538. The first kappa shape index (κ1) is 14.9. The largest absolute Gasteiger partial charge is 0.317 e. The standard InChI is InChI=1S/C13H18N4O2S/c1-17(10-11-4-6-15-7-5-11)20(18,19)13-3-2-12(8-14)16-9-13/h2-3,9,11,15H,4-7,10H2,1H3. The molecule has 0 aliphatic carbocycles. The summed E-state index contributed by atoms with van der Waals surface area (Å²) in [6.07, 6.45) is 3.23. The Morgan fingerprint density at radius 1 is 1.45 bits per heavy atom. The lowest BCUT2D eigenvalue weighted by Crippen LogP contribution is -2.37. The van der Waals surface area contributed by atoms with E-state index in [1.807, 2.05) is 6.07 Å². The monoisotopic (exact) mass is 294 g/mol. The smallest absolute Gasteiger partial charge is 0.244 e. The van der Waals surface area contributed by atoms with Crippen molar-refractivity contribution in [1.29, 1.82) is 5.26 Å². The van der Waals surface area contributed by atoms with E-state index in [4.69, 9.17) is 5.26 Å². The Labute approximate surface area is 119 Å². The van der Waals surface area contributed by atoms with Crippen LogP contribution in [0.4, 0.5) is 0 Å². The zero-order valence-corrected chi connectivity index (χ0v) is 12.2. The van der Waals surface area contributed by atoms with Gasteiger partial charge in [0.25, 0.3) is 0 Å². The highest BCUT2D eigenvalue weighted by molar-refractivity contribution is 7.89. The molecule has 0 aromatic carbocycles. The Kier molecular flexibility index (Phi) is 4.70. The second-order valence-corrected chi connectivity index (χ2v) is 7.01. The van der Waals surface area contributed by atoms with Crippen LogP contribution in [0.3, 0.4) is 0 Å². The molecule has 0 bridgehead atoms. The molecule has 0 atom stereocenters. The molecular weight excluding hydrogens is 276 g/mol. The summed E-state index contributed by atoms with van der Waals surface area (Å²) in [5.41, 5.74) is 0.213. The molecule has 1 N–H and O–H groups in total. The molecule has 0 saturated carbocycles. The number of piperidine rings is 1. The van der Waals surface area contributed by atoms with Gasteiger partial charge in [0.1, 0.15) is 16.7 Å². The van der Waals surface area contributed by atoms with Crippen molar-refractivity contribution in [2.24, 2.45) is 5.92 Å². The number of rotatable bonds is 4. The van der Waals surface area contributed by atoms with E-state index >= 15 is 0 Å². The fourth-order valence-corrected chi connectivity index (χ4v) is 3.50. The average molecular weight is 294 g/mol. The molecule has 1 aliphatic heterocycles. The van der Waals surface area contributed by atoms with E-state index in [-0.39, 0.29) is 10.6 Å². The van der Waals surface area contributed by atoms with Gasteiger partial charge in [0, 0.05) is 19.8 Å². The maximum Gasteiger partial charge on any atom is 0.244 e. The van der Waals surface area contributed by atoms with Crippen LogP contribution in [0.5, 0.6) is 0 Å². The van der Waals surface area contributed by atoms with Crippen molar-refractivity contribution in [1.82, 2.24) is 14.6 Å². The van der Waals surface area contributed by atoms with E-state index in [2.05, 4.69) is 10.3 Å². The van der Waals surface area contributed by atoms with Gasteiger partial charge in [-0.1, -0.05) is 0 Å². The van der Waals surface area contributed by atoms with Crippen LogP contribution >= 0.6 is 0 Å². The minimum atomic E-state index is -3.52. The van der Waals surface area contributed by atoms with Gasteiger partial charge in [-0.05, 0) is 44.0 Å². The van der Waals surface area contributed by atoms with Crippen LogP contribution in [0.1, 0.15) is 18.5 Å². The molecule has 0 radical (unpaired) electrons. The summed E-state index contributed by atoms with van der Waals surface area (Å²) in [5.74, 6) is 0.391. The molecule has 1 aromatic heterocycles. The minimum Gasteiger partial charge on any atom is -0.317 e. The molecule has 0 unspecified atom stereocenters. The van der Waals surface area contributed by atoms with Gasteiger partial charge < -0.3 is 5.32 Å². The van der Waals surface area contributed by atoms with Gasteiger partial charge in [0.15, 0.2) is 0 Å². The van der Waals surface area contributed by atoms with Crippen LogP contribution in [-0.2, 0) is 10.0 Å². The zero-order valence-electron chi connectivity index (χ0n) is 11.4. The Balaban J connectivity index is 2.09. The number of pyridine rings is 1. The van der Waals surface area contributed by atoms with Gasteiger partial charge in [-0.25, -0.2) is 17.7 Å². The molecule has 2 rings (SSSR count). The van der Waals surface area contributed by atoms with Gasteiger partial charge in [-0.2, -0.15) is 5.26 Å². The number of aromatic nitrogens is 1. The van der Waals surface area contributed by atoms with Crippen molar-refractivity contribution in [3.05, 3.63) is 24.0 Å². The summed E-state index contributed by atoms with van der Waals surface area (Å²) in [6, 6.07) is 4.73. The third kappa shape index (κ3) is 3.33. The Morgan fingerprint density at radius 2 is 2.15 bits per heavy atom. The molecule has 6 nitrogen and oxygen atoms in total. The molecule has 1 aliphatic rings. The van der Waals surface area contributed by atoms with Gasteiger partial charge in [-0.3, -0.25) is 0 Å². The second kappa shape index (κ2) is 6.31. The van der Waals surface area contributed by atoms with Crippen LogP contribution in [0.25, 0.3) is 0 Å². The first-order chi connectivity index (χ1) is 9.54. The Morgan fingerprint density at radius 3 is 2.70 bits per heavy atom. The average Bonchev–Trinajstić information content (AvgIpc) is 2.48. The van der Waals surface area contributed by atoms with Crippen molar-refractivity contribution >= 4 is 10.0 Å². The normalized spacial score (nSPS) is 17.1. The lowest BCUT2D eigenvalue weighted by Gasteiger charge is -2.27. The van der Waals surface area contributed by atoms with Gasteiger partial charge in [0.05, 0.1) is 0 Å². The third-order valence-corrected chi connectivity index (χ3v) is 5.34. The summed E-state index contributed by atoms with van der Waals surface area (Å²) < 4.78 is 26.2. The highest BCUT2D eigenvalue weighted by Gasteiger charge is 2.24. The predicted molar refractivity (Wildman–Crippen MR) is 74.4 cm³/mol. The number of hydrogen-bond donors (Lipinski definition) is 1. The van der Waals surface area contributed by atoms with Crippen molar-refractivity contribution in [3.63, 3.8) is 0 Å². The summed E-state index contributed by atoms with van der Waals surface area (Å²) in [6.45, 7) is 2.40. The van der Waals surface area contributed by atoms with E-state index in [1.54, 1.807) is 7.05 Å². The summed E-state index contributed by atoms with van der Waals surface area (Å²) in [5, 5.41) is 11.9. The highest BCUT2D eigenvalue weighted by Crippen LogP contribution is 2.18. The highest BCUT2D eigenvalue weighted by atomic mass is 32.2. The molecule has 0 amide bonds. The van der Waals surface area contributed by atoms with E-state index in [0.29, 0.717) is 12.5 Å². The second-order valence-electron chi connectivity index (χ2n) is 4.97. The van der Waals surface area contributed by atoms with Gasteiger partial charge in [-0.15, -0.1) is 0 Å². The van der Waals surface area contributed by atoms with Gasteiger partial charge in [0.2, 0.25) is 10.0 Å². The van der Waals surface area contributed by atoms with Crippen LogP contribution in [0.15, 0.2) is 23.2 Å². The molecule has 1 saturated heterocycles. The van der Waals surface area contributed by atoms with Crippen molar-refractivity contribution < 1.29 is 8.42 Å². The van der Waals surface area contributed by atoms with Crippen LogP contribution in [0, 0.1) is 17.2 Å². The van der Waals surface area contributed by atoms with Crippen molar-refractivity contribution in [3.8, 4) is 6.07 Å². The zero-order chi connectivity index (χ0) is 14.6. The molecule has 20 heavy (non-hydrogen) atoms. The summed E-state index contributed by atoms with van der Waals surface area (Å²) in [4.78, 5) is 3.95. The van der Waals surface area contributed by atoms with Crippen LogP contribution in [0.2, 0.25) is 0 Å². The topological polar surface area (TPSA) is 86.1 Å². The molecule has 2 heterocycles. The number of nitriles is 1. The van der Waals surface area contributed by atoms with E-state index in [1.165, 1.54) is 22.6 Å². The third-order valence-electron chi connectivity index (χ3n) is 3.53. The summed E-state index contributed by atoms with van der Waals surface area (Å²) >= 11 is 0. The van der Waals surface area contributed by atoms with Gasteiger partial charge >= 0.3 is 0 Å². The predicted octanol–water partition coefficient (Wildman–Crippen LogP) is 0.573. The SMILES string of the molecule is CN(CC1CCNCC1)S(=O)(=O)c1ccc(C#N)nc1. The number of nitrogens with one attached hydrogen (secondary N) is 1. The number of hydrogen-bond acceptors (Lipinski definition) is 5. The summed E-state index contributed by atoms with van der Waals surface area (Å²) in [7, 11) is -1.93. The molecule has 1 fully saturated rings. The van der Waals surface area contributed by atoms with Crippen LogP contribution < -0.4 is 5.32 Å². The number of sulfonamides is 1. The van der Waals surface area contributed by atoms with Crippen molar-refractivity contribution in [2.75, 3.05) is 26.7 Å². The van der Waals surface area contributed by atoms with E-state index in [9.17, 15) is 8.42 Å². The van der Waals surface area contributed by atoms with E-state index in [0.717, 1.165) is 25.9 Å².